The summed E-state index contributed by atoms with van der Waals surface area (Å²) < 4.78 is 5.28. The minimum absolute atomic E-state index is 0.384. The summed E-state index contributed by atoms with van der Waals surface area (Å²) >= 11 is 0. The quantitative estimate of drug-likeness (QED) is 0.732. The summed E-state index contributed by atoms with van der Waals surface area (Å²) in [6.45, 7) is 4.22. The van der Waals surface area contributed by atoms with E-state index in [-0.39, 0.29) is 0 Å². The Kier molecular flexibility index (Phi) is 3.53. The van der Waals surface area contributed by atoms with E-state index in [1.54, 1.807) is 7.11 Å². The number of hydrogen-bond acceptors (Lipinski definition) is 2. The van der Waals surface area contributed by atoms with E-state index in [9.17, 15) is 0 Å². The highest BCUT2D eigenvalue weighted by molar-refractivity contribution is 5.43. The average molecular weight is 189 g/mol. The summed E-state index contributed by atoms with van der Waals surface area (Å²) in [5.74, 6) is 1.27. The van der Waals surface area contributed by atoms with E-state index in [0.717, 1.165) is 16.9 Å². The Balaban J connectivity index is 3.22. The number of rotatable bonds is 3. The Morgan fingerprint density at radius 2 is 2.14 bits per heavy atom. The van der Waals surface area contributed by atoms with E-state index >= 15 is 0 Å². The van der Waals surface area contributed by atoms with Gasteiger partial charge in [0.05, 0.1) is 19.6 Å². The Morgan fingerprint density at radius 1 is 1.43 bits per heavy atom. The van der Waals surface area contributed by atoms with E-state index in [4.69, 9.17) is 10.00 Å². The smallest absolute Gasteiger partial charge is 0.122 e. The predicted molar refractivity (Wildman–Crippen MR) is 56.4 cm³/mol. The average Bonchev–Trinajstić information content (AvgIpc) is 2.17. The lowest BCUT2D eigenvalue weighted by Gasteiger charge is -2.15. The molecular weight excluding hydrogens is 174 g/mol. The molecule has 2 heteroatoms. The van der Waals surface area contributed by atoms with Crippen molar-refractivity contribution < 1.29 is 4.74 Å². The van der Waals surface area contributed by atoms with Crippen LogP contribution in [0.5, 0.6) is 5.75 Å². The van der Waals surface area contributed by atoms with Crippen molar-refractivity contribution >= 4 is 0 Å². The Bertz CT molecular complexity index is 350. The normalized spacial score (nSPS) is 9.93. The van der Waals surface area contributed by atoms with Crippen molar-refractivity contribution in [1.29, 1.82) is 5.26 Å². The van der Waals surface area contributed by atoms with Gasteiger partial charge in [0.1, 0.15) is 5.75 Å². The van der Waals surface area contributed by atoms with Gasteiger partial charge >= 0.3 is 0 Å². The zero-order valence-corrected chi connectivity index (χ0v) is 8.87. The third kappa shape index (κ3) is 2.05. The molecule has 0 heterocycles. The summed E-state index contributed by atoms with van der Waals surface area (Å²) in [6, 6.07) is 8.03. The molecule has 0 aliphatic rings. The van der Waals surface area contributed by atoms with Crippen LogP contribution in [0.25, 0.3) is 0 Å². The van der Waals surface area contributed by atoms with Crippen molar-refractivity contribution in [3.63, 3.8) is 0 Å². The maximum atomic E-state index is 8.70. The molecule has 2 nitrogen and oxygen atoms in total. The molecule has 1 aromatic carbocycles. The lowest BCUT2D eigenvalue weighted by molar-refractivity contribution is 0.407. The molecular formula is C12H15NO. The second kappa shape index (κ2) is 4.66. The molecule has 0 spiro atoms. The first kappa shape index (κ1) is 10.6. The summed E-state index contributed by atoms with van der Waals surface area (Å²) in [7, 11) is 1.66. The fraction of sp³-hybridized carbons (Fsp3) is 0.417. The molecule has 0 atom stereocenters. The Labute approximate surface area is 85.1 Å². The SMILES string of the molecule is COc1cccc(CC#N)c1C(C)C. The van der Waals surface area contributed by atoms with Gasteiger partial charge in [-0.15, -0.1) is 0 Å². The first-order valence-electron chi connectivity index (χ1n) is 4.73. The maximum Gasteiger partial charge on any atom is 0.122 e. The Hall–Kier alpha value is -1.49. The fourth-order valence-corrected chi connectivity index (χ4v) is 1.66. The number of benzene rings is 1. The fourth-order valence-electron chi connectivity index (χ4n) is 1.66. The molecule has 14 heavy (non-hydrogen) atoms. The van der Waals surface area contributed by atoms with Crippen LogP contribution in [0.1, 0.15) is 30.9 Å². The van der Waals surface area contributed by atoms with E-state index in [1.807, 2.05) is 18.2 Å². The van der Waals surface area contributed by atoms with Gasteiger partial charge in [0.2, 0.25) is 0 Å². The number of methoxy groups -OCH3 is 1. The van der Waals surface area contributed by atoms with Crippen molar-refractivity contribution in [1.82, 2.24) is 0 Å². The number of nitriles is 1. The molecule has 0 bridgehead atoms. The van der Waals surface area contributed by atoms with Gasteiger partial charge in [0, 0.05) is 5.56 Å². The van der Waals surface area contributed by atoms with Gasteiger partial charge in [0.25, 0.3) is 0 Å². The number of nitrogens with zero attached hydrogens (tertiary/aromatic N) is 1. The lowest BCUT2D eigenvalue weighted by Crippen LogP contribution is -1.99. The largest absolute Gasteiger partial charge is 0.496 e. The molecule has 0 aromatic heterocycles. The summed E-state index contributed by atoms with van der Waals surface area (Å²) in [4.78, 5) is 0. The molecule has 1 aromatic rings. The van der Waals surface area contributed by atoms with E-state index in [2.05, 4.69) is 19.9 Å². The molecule has 74 valence electrons. The summed E-state index contributed by atoms with van der Waals surface area (Å²) in [5.41, 5.74) is 2.22. The van der Waals surface area contributed by atoms with Crippen LogP contribution >= 0.6 is 0 Å². The lowest BCUT2D eigenvalue weighted by atomic mass is 9.94. The van der Waals surface area contributed by atoms with E-state index < -0.39 is 0 Å². The van der Waals surface area contributed by atoms with Crippen LogP contribution in [0.15, 0.2) is 18.2 Å². The summed E-state index contributed by atoms with van der Waals surface area (Å²) in [5, 5.41) is 8.70. The van der Waals surface area contributed by atoms with E-state index in [1.165, 1.54) is 0 Å². The van der Waals surface area contributed by atoms with Crippen LogP contribution in [0.4, 0.5) is 0 Å². The second-order valence-electron chi connectivity index (χ2n) is 3.52. The molecule has 1 rings (SSSR count). The van der Waals surface area contributed by atoms with Crippen LogP contribution in [-0.4, -0.2) is 7.11 Å². The van der Waals surface area contributed by atoms with Crippen LogP contribution in [0.2, 0.25) is 0 Å². The maximum absolute atomic E-state index is 8.70. The van der Waals surface area contributed by atoms with Gasteiger partial charge in [-0.2, -0.15) is 5.26 Å². The van der Waals surface area contributed by atoms with Crippen molar-refractivity contribution in [2.75, 3.05) is 7.11 Å². The highest BCUT2D eigenvalue weighted by Gasteiger charge is 2.11. The third-order valence-electron chi connectivity index (χ3n) is 2.22. The molecule has 0 N–H and O–H groups in total. The Morgan fingerprint density at radius 3 is 2.64 bits per heavy atom. The highest BCUT2D eigenvalue weighted by atomic mass is 16.5. The van der Waals surface area contributed by atoms with Gasteiger partial charge in [-0.25, -0.2) is 0 Å². The predicted octanol–water partition coefficient (Wildman–Crippen LogP) is 2.88. The first-order chi connectivity index (χ1) is 6.70. The third-order valence-corrected chi connectivity index (χ3v) is 2.22. The number of ether oxygens (including phenoxy) is 1. The van der Waals surface area contributed by atoms with Crippen molar-refractivity contribution in [3.8, 4) is 11.8 Å². The molecule has 0 radical (unpaired) electrons. The zero-order chi connectivity index (χ0) is 10.6. The van der Waals surface area contributed by atoms with Gasteiger partial charge in [-0.3, -0.25) is 0 Å². The van der Waals surface area contributed by atoms with E-state index in [0.29, 0.717) is 12.3 Å². The van der Waals surface area contributed by atoms with Gasteiger partial charge in [-0.1, -0.05) is 26.0 Å². The molecule has 0 saturated carbocycles. The topological polar surface area (TPSA) is 33.0 Å². The van der Waals surface area contributed by atoms with Crippen LogP contribution in [-0.2, 0) is 6.42 Å². The molecule has 0 aliphatic heterocycles. The molecule has 0 fully saturated rings. The van der Waals surface area contributed by atoms with Crippen LogP contribution in [0, 0.1) is 11.3 Å². The minimum atomic E-state index is 0.384. The second-order valence-corrected chi connectivity index (χ2v) is 3.52. The molecule has 0 saturated heterocycles. The molecule has 0 aliphatic carbocycles. The first-order valence-corrected chi connectivity index (χ1v) is 4.73. The van der Waals surface area contributed by atoms with Crippen molar-refractivity contribution in [2.45, 2.75) is 26.2 Å². The van der Waals surface area contributed by atoms with Crippen LogP contribution < -0.4 is 4.74 Å². The summed E-state index contributed by atoms with van der Waals surface area (Å²) in [6.07, 6.45) is 0.449. The minimum Gasteiger partial charge on any atom is -0.496 e. The zero-order valence-electron chi connectivity index (χ0n) is 8.87. The van der Waals surface area contributed by atoms with Gasteiger partial charge in [0.15, 0.2) is 0 Å². The highest BCUT2D eigenvalue weighted by Crippen LogP contribution is 2.29. The van der Waals surface area contributed by atoms with Crippen LogP contribution in [0.3, 0.4) is 0 Å². The van der Waals surface area contributed by atoms with Gasteiger partial charge in [-0.05, 0) is 17.5 Å². The molecule has 0 unspecified atom stereocenters. The van der Waals surface area contributed by atoms with Crippen molar-refractivity contribution in [2.24, 2.45) is 0 Å². The van der Waals surface area contributed by atoms with Gasteiger partial charge < -0.3 is 4.74 Å². The standard InChI is InChI=1S/C12H15NO/c1-9(2)12-10(7-8-13)5-4-6-11(12)14-3/h4-6,9H,7H2,1-3H3. The van der Waals surface area contributed by atoms with Crippen molar-refractivity contribution in [3.05, 3.63) is 29.3 Å². The monoisotopic (exact) mass is 189 g/mol. The number of hydrogen-bond donors (Lipinski definition) is 0. The molecule has 0 amide bonds.